The van der Waals surface area contributed by atoms with Crippen LogP contribution in [0.5, 0.6) is 5.75 Å². The normalized spacial score (nSPS) is 19.5. The molecule has 5 rings (SSSR count). The third-order valence-corrected chi connectivity index (χ3v) is 6.33. The molecular weight excluding hydrogens is 459 g/mol. The number of allylic oxidation sites excluding steroid dienone is 4. The molecule has 8 heteroatoms. The fourth-order valence-electron chi connectivity index (χ4n) is 4.51. The van der Waals surface area contributed by atoms with Gasteiger partial charge in [0, 0.05) is 37.1 Å². The molecule has 2 aromatic carbocycles. The fraction of sp³-hybridized carbons (Fsp3) is 0.296. The predicted molar refractivity (Wildman–Crippen MR) is 123 cm³/mol. The molecule has 0 atom stereocenters. The van der Waals surface area contributed by atoms with Gasteiger partial charge in [-0.05, 0) is 54.0 Å². The van der Waals surface area contributed by atoms with Crippen LogP contribution in [0.15, 0.2) is 84.2 Å². The van der Waals surface area contributed by atoms with Crippen LogP contribution in [-0.4, -0.2) is 42.7 Å². The van der Waals surface area contributed by atoms with Gasteiger partial charge in [0.15, 0.2) is 0 Å². The second kappa shape index (κ2) is 9.26. The van der Waals surface area contributed by atoms with Crippen molar-refractivity contribution in [3.63, 3.8) is 0 Å². The fourth-order valence-corrected chi connectivity index (χ4v) is 4.51. The minimum absolute atomic E-state index is 0.00557. The summed E-state index contributed by atoms with van der Waals surface area (Å²) in [4.78, 5) is 14.6. The number of likely N-dealkylation sites (tertiary alicyclic amines) is 1. The molecule has 2 aromatic rings. The molecule has 1 amide bonds. The van der Waals surface area contributed by atoms with E-state index in [0.717, 1.165) is 22.5 Å². The highest BCUT2D eigenvalue weighted by molar-refractivity contribution is 5.94. The summed E-state index contributed by atoms with van der Waals surface area (Å²) in [5, 5.41) is 0. The second-order valence-corrected chi connectivity index (χ2v) is 8.66. The third-order valence-electron chi connectivity index (χ3n) is 6.33. The minimum atomic E-state index is -4.72. The first-order valence-corrected chi connectivity index (χ1v) is 11.5. The van der Waals surface area contributed by atoms with Crippen LogP contribution in [0, 0.1) is 0 Å². The van der Waals surface area contributed by atoms with E-state index < -0.39 is 12.1 Å². The van der Waals surface area contributed by atoms with Gasteiger partial charge in [0.1, 0.15) is 11.5 Å². The van der Waals surface area contributed by atoms with E-state index in [1.54, 1.807) is 12.1 Å². The average molecular weight is 483 g/mol. The SMILES string of the molecule is O=C(c1ccccc1)N1CCC2(CC1)OCC1=CC(c3ccc(OC(F)(F)F)cc3)=CCC=C1O2. The first-order chi connectivity index (χ1) is 16.8. The lowest BCUT2D eigenvalue weighted by Crippen LogP contribution is -2.51. The van der Waals surface area contributed by atoms with Gasteiger partial charge in [0.25, 0.3) is 5.91 Å². The summed E-state index contributed by atoms with van der Waals surface area (Å²) in [6.07, 6.45) is 2.95. The molecule has 0 saturated carbocycles. The van der Waals surface area contributed by atoms with Crippen molar-refractivity contribution >= 4 is 11.5 Å². The molecule has 182 valence electrons. The molecule has 2 fully saturated rings. The highest BCUT2D eigenvalue weighted by atomic mass is 19.4. The first-order valence-electron chi connectivity index (χ1n) is 11.5. The Morgan fingerprint density at radius 3 is 2.37 bits per heavy atom. The maximum absolute atomic E-state index is 12.8. The standard InChI is InChI=1S/C27H24F3NO4/c28-27(29,30)34-23-11-9-19(10-12-23)21-7-4-8-24-22(17-21)18-33-26(35-24)13-15-31(16-14-26)25(32)20-5-2-1-3-6-20/h1-3,5-12,17H,4,13-16,18H2. The van der Waals surface area contributed by atoms with Crippen LogP contribution in [0.1, 0.15) is 35.2 Å². The molecular formula is C27H24F3NO4. The lowest BCUT2D eigenvalue weighted by atomic mass is 9.99. The van der Waals surface area contributed by atoms with E-state index in [-0.39, 0.29) is 11.7 Å². The largest absolute Gasteiger partial charge is 0.573 e. The zero-order chi connectivity index (χ0) is 24.5. The first kappa shape index (κ1) is 23.2. The van der Waals surface area contributed by atoms with Gasteiger partial charge in [-0.3, -0.25) is 4.79 Å². The summed E-state index contributed by atoms with van der Waals surface area (Å²) < 4.78 is 53.8. The number of halogens is 3. The Morgan fingerprint density at radius 1 is 0.971 bits per heavy atom. The molecule has 0 bridgehead atoms. The van der Waals surface area contributed by atoms with Gasteiger partial charge in [-0.25, -0.2) is 0 Å². The van der Waals surface area contributed by atoms with Gasteiger partial charge in [-0.15, -0.1) is 13.2 Å². The molecule has 35 heavy (non-hydrogen) atoms. The zero-order valence-electron chi connectivity index (χ0n) is 18.9. The molecule has 1 aliphatic carbocycles. The monoisotopic (exact) mass is 483 g/mol. The van der Waals surface area contributed by atoms with E-state index in [0.29, 0.717) is 44.5 Å². The molecule has 2 aliphatic heterocycles. The molecule has 0 aromatic heterocycles. The van der Waals surface area contributed by atoms with Crippen molar-refractivity contribution in [3.05, 3.63) is 95.3 Å². The zero-order valence-corrected chi connectivity index (χ0v) is 18.9. The van der Waals surface area contributed by atoms with Crippen molar-refractivity contribution in [2.45, 2.75) is 31.4 Å². The van der Waals surface area contributed by atoms with Crippen molar-refractivity contribution in [1.29, 1.82) is 0 Å². The minimum Gasteiger partial charge on any atom is -0.462 e. The van der Waals surface area contributed by atoms with E-state index >= 15 is 0 Å². The van der Waals surface area contributed by atoms with E-state index in [1.807, 2.05) is 53.5 Å². The number of benzene rings is 2. The lowest BCUT2D eigenvalue weighted by Gasteiger charge is -2.44. The Balaban J connectivity index is 1.23. The Kier molecular flexibility index (Phi) is 6.15. The van der Waals surface area contributed by atoms with E-state index in [2.05, 4.69) is 4.74 Å². The van der Waals surface area contributed by atoms with Gasteiger partial charge < -0.3 is 19.1 Å². The number of alkyl halides is 3. The van der Waals surface area contributed by atoms with Gasteiger partial charge in [0.05, 0.1) is 6.61 Å². The molecule has 1 spiro atoms. The number of ether oxygens (including phenoxy) is 3. The summed E-state index contributed by atoms with van der Waals surface area (Å²) in [7, 11) is 0. The maximum atomic E-state index is 12.8. The van der Waals surface area contributed by atoms with Crippen LogP contribution in [-0.2, 0) is 9.47 Å². The number of carbonyl (C=O) groups excluding carboxylic acids is 1. The van der Waals surface area contributed by atoms with Gasteiger partial charge >= 0.3 is 6.36 Å². The quantitative estimate of drug-likeness (QED) is 0.549. The van der Waals surface area contributed by atoms with Gasteiger partial charge in [-0.1, -0.05) is 36.4 Å². The number of hydrogen-bond donors (Lipinski definition) is 0. The number of piperidine rings is 1. The number of fused-ring (bicyclic) bond motifs is 1. The highest BCUT2D eigenvalue weighted by Crippen LogP contribution is 2.39. The molecule has 3 aliphatic rings. The summed E-state index contributed by atoms with van der Waals surface area (Å²) in [5.74, 6) is -0.267. The van der Waals surface area contributed by atoms with Crippen LogP contribution in [0.2, 0.25) is 0 Å². The molecule has 0 unspecified atom stereocenters. The Morgan fingerprint density at radius 2 is 1.69 bits per heavy atom. The van der Waals surface area contributed by atoms with Gasteiger partial charge in [-0.2, -0.15) is 0 Å². The van der Waals surface area contributed by atoms with E-state index in [1.165, 1.54) is 12.1 Å². The lowest BCUT2D eigenvalue weighted by molar-refractivity contribution is -0.274. The maximum Gasteiger partial charge on any atom is 0.573 e. The Hall–Kier alpha value is -3.52. The second-order valence-electron chi connectivity index (χ2n) is 8.66. The van der Waals surface area contributed by atoms with Crippen molar-refractivity contribution in [2.24, 2.45) is 0 Å². The van der Waals surface area contributed by atoms with Crippen LogP contribution < -0.4 is 4.74 Å². The van der Waals surface area contributed by atoms with Crippen LogP contribution in [0.25, 0.3) is 5.57 Å². The molecule has 2 saturated heterocycles. The summed E-state index contributed by atoms with van der Waals surface area (Å²) in [6.45, 7) is 1.43. The highest BCUT2D eigenvalue weighted by Gasteiger charge is 2.43. The number of amides is 1. The van der Waals surface area contributed by atoms with Crippen LogP contribution in [0.4, 0.5) is 13.2 Å². The van der Waals surface area contributed by atoms with Gasteiger partial charge in [0.2, 0.25) is 5.79 Å². The third kappa shape index (κ3) is 5.27. The number of hydrogen-bond acceptors (Lipinski definition) is 4. The van der Waals surface area contributed by atoms with Crippen molar-refractivity contribution in [3.8, 4) is 5.75 Å². The molecule has 2 heterocycles. The van der Waals surface area contributed by atoms with Crippen molar-refractivity contribution < 1.29 is 32.2 Å². The smallest absolute Gasteiger partial charge is 0.462 e. The number of rotatable bonds is 3. The van der Waals surface area contributed by atoms with Crippen LogP contribution >= 0.6 is 0 Å². The number of carbonyl (C=O) groups is 1. The van der Waals surface area contributed by atoms with Crippen LogP contribution in [0.3, 0.4) is 0 Å². The number of nitrogens with zero attached hydrogens (tertiary/aromatic N) is 1. The Labute approximate surface area is 201 Å². The summed E-state index contributed by atoms with van der Waals surface area (Å²) >= 11 is 0. The Bertz CT molecular complexity index is 1180. The average Bonchev–Trinajstić information content (AvgIpc) is 3.06. The van der Waals surface area contributed by atoms with E-state index in [9.17, 15) is 18.0 Å². The topological polar surface area (TPSA) is 48.0 Å². The molecule has 5 nitrogen and oxygen atoms in total. The molecule has 0 N–H and O–H groups in total. The van der Waals surface area contributed by atoms with Crippen molar-refractivity contribution in [2.75, 3.05) is 19.7 Å². The summed E-state index contributed by atoms with van der Waals surface area (Å²) in [5.41, 5.74) is 3.19. The van der Waals surface area contributed by atoms with Crippen molar-refractivity contribution in [1.82, 2.24) is 4.90 Å². The molecule has 0 radical (unpaired) electrons. The predicted octanol–water partition coefficient (Wildman–Crippen LogP) is 5.86. The summed E-state index contributed by atoms with van der Waals surface area (Å²) in [6, 6.07) is 15.0. The van der Waals surface area contributed by atoms with E-state index in [4.69, 9.17) is 9.47 Å².